The van der Waals surface area contributed by atoms with E-state index in [1.165, 1.54) is 4.88 Å². The molecule has 0 saturated carbocycles. The summed E-state index contributed by atoms with van der Waals surface area (Å²) in [5, 5.41) is 10.4. The normalized spacial score (nSPS) is 19.3. The van der Waals surface area contributed by atoms with Gasteiger partial charge in [0.2, 0.25) is 0 Å². The molecule has 1 unspecified atom stereocenters. The Morgan fingerprint density at radius 3 is 2.80 bits per heavy atom. The summed E-state index contributed by atoms with van der Waals surface area (Å²) in [5.74, 6) is 0.508. The quantitative estimate of drug-likeness (QED) is 0.855. The van der Waals surface area contributed by atoms with Crippen molar-refractivity contribution >= 4 is 28.6 Å². The summed E-state index contributed by atoms with van der Waals surface area (Å²) in [6, 6.07) is 3.94. The minimum atomic E-state index is 0.161. The molecule has 20 heavy (non-hydrogen) atoms. The van der Waals surface area contributed by atoms with Crippen LogP contribution in [0.15, 0.2) is 12.1 Å². The van der Waals surface area contributed by atoms with E-state index in [1.807, 2.05) is 30.9 Å². The van der Waals surface area contributed by atoms with Crippen molar-refractivity contribution in [3.05, 3.63) is 31.9 Å². The van der Waals surface area contributed by atoms with Crippen LogP contribution in [-0.2, 0) is 0 Å². The van der Waals surface area contributed by atoms with Crippen molar-refractivity contribution in [2.24, 2.45) is 0 Å². The highest BCUT2D eigenvalue weighted by atomic mass is 32.1. The van der Waals surface area contributed by atoms with Crippen molar-refractivity contribution in [1.29, 1.82) is 0 Å². The Bertz CT molecular complexity index is 619. The molecule has 106 valence electrons. The minimum Gasteiger partial charge on any atom is -0.337 e. The highest BCUT2D eigenvalue weighted by Crippen LogP contribution is 2.30. The molecule has 1 atom stereocenters. The van der Waals surface area contributed by atoms with Gasteiger partial charge in [-0.25, -0.2) is 0 Å². The summed E-state index contributed by atoms with van der Waals surface area (Å²) in [5.41, 5.74) is 0. The maximum atomic E-state index is 12.5. The molecule has 1 saturated heterocycles. The van der Waals surface area contributed by atoms with Crippen LogP contribution in [0.1, 0.15) is 43.3 Å². The molecule has 0 aromatic carbocycles. The van der Waals surface area contributed by atoms with Gasteiger partial charge in [-0.2, -0.15) is 0 Å². The first-order valence-corrected chi connectivity index (χ1v) is 8.42. The Labute approximate surface area is 126 Å². The number of amides is 1. The number of carbonyl (C=O) groups is 1. The van der Waals surface area contributed by atoms with Crippen molar-refractivity contribution in [2.45, 2.75) is 32.6 Å². The van der Waals surface area contributed by atoms with Crippen molar-refractivity contribution in [3.8, 4) is 0 Å². The van der Waals surface area contributed by atoms with Crippen LogP contribution in [-0.4, -0.2) is 34.1 Å². The average molecular weight is 307 g/mol. The van der Waals surface area contributed by atoms with Crippen molar-refractivity contribution in [3.63, 3.8) is 0 Å². The first-order valence-electron chi connectivity index (χ1n) is 6.79. The topological polar surface area (TPSA) is 46.1 Å². The Morgan fingerprint density at radius 1 is 1.30 bits per heavy atom. The number of hydrogen-bond acceptors (Lipinski definition) is 5. The van der Waals surface area contributed by atoms with E-state index in [0.717, 1.165) is 40.8 Å². The van der Waals surface area contributed by atoms with E-state index in [-0.39, 0.29) is 5.91 Å². The fourth-order valence-corrected chi connectivity index (χ4v) is 4.21. The van der Waals surface area contributed by atoms with Crippen molar-refractivity contribution < 1.29 is 4.79 Å². The first-order chi connectivity index (χ1) is 9.63. The average Bonchev–Trinajstić information content (AvgIpc) is 3.07. The number of nitrogens with zero attached hydrogens (tertiary/aromatic N) is 3. The lowest BCUT2D eigenvalue weighted by Crippen LogP contribution is -2.38. The van der Waals surface area contributed by atoms with Crippen molar-refractivity contribution in [2.75, 3.05) is 13.1 Å². The molecule has 2 aromatic rings. The number of likely N-dealkylation sites (tertiary alicyclic amines) is 1. The highest BCUT2D eigenvalue weighted by Gasteiger charge is 2.28. The molecule has 0 bridgehead atoms. The lowest BCUT2D eigenvalue weighted by atomic mass is 9.98. The van der Waals surface area contributed by atoms with E-state index in [2.05, 4.69) is 10.2 Å². The second-order valence-electron chi connectivity index (χ2n) is 5.16. The number of thiophene rings is 1. The molecule has 6 heteroatoms. The van der Waals surface area contributed by atoms with E-state index in [0.29, 0.717) is 5.92 Å². The van der Waals surface area contributed by atoms with Crippen LogP contribution in [0.5, 0.6) is 0 Å². The predicted octanol–water partition coefficient (Wildman–Crippen LogP) is 3.24. The molecule has 0 spiro atoms. The van der Waals surface area contributed by atoms with Gasteiger partial charge in [-0.05, 0) is 38.8 Å². The fraction of sp³-hybridized carbons (Fsp3) is 0.500. The molecule has 2 aromatic heterocycles. The molecule has 0 N–H and O–H groups in total. The third-order valence-corrected chi connectivity index (χ3v) is 5.54. The third kappa shape index (κ3) is 2.76. The van der Waals surface area contributed by atoms with Gasteiger partial charge in [-0.1, -0.05) is 0 Å². The van der Waals surface area contributed by atoms with Gasteiger partial charge in [0.05, 0.1) is 4.88 Å². The molecular formula is C14H17N3OS2. The molecule has 1 amide bonds. The summed E-state index contributed by atoms with van der Waals surface area (Å²) < 4.78 is 0. The second kappa shape index (κ2) is 5.61. The third-order valence-electron chi connectivity index (χ3n) is 3.55. The largest absolute Gasteiger partial charge is 0.337 e. The molecule has 1 aliphatic rings. The van der Waals surface area contributed by atoms with Crippen LogP contribution in [0.25, 0.3) is 0 Å². The van der Waals surface area contributed by atoms with Crippen molar-refractivity contribution in [1.82, 2.24) is 15.1 Å². The van der Waals surface area contributed by atoms with E-state index in [1.54, 1.807) is 22.7 Å². The molecule has 3 heterocycles. The number of piperidine rings is 1. The Morgan fingerprint density at radius 2 is 2.15 bits per heavy atom. The van der Waals surface area contributed by atoms with Gasteiger partial charge >= 0.3 is 0 Å². The molecular weight excluding hydrogens is 290 g/mol. The minimum absolute atomic E-state index is 0.161. The smallest absolute Gasteiger partial charge is 0.263 e. The maximum Gasteiger partial charge on any atom is 0.263 e. The zero-order valence-electron chi connectivity index (χ0n) is 11.6. The number of aryl methyl sites for hydroxylation is 2. The lowest BCUT2D eigenvalue weighted by Gasteiger charge is -2.31. The van der Waals surface area contributed by atoms with Crippen LogP contribution in [0.3, 0.4) is 0 Å². The van der Waals surface area contributed by atoms with Gasteiger partial charge in [-0.15, -0.1) is 32.9 Å². The fourth-order valence-electron chi connectivity index (χ4n) is 2.55. The molecule has 1 fully saturated rings. The molecule has 1 aliphatic heterocycles. The van der Waals surface area contributed by atoms with Crippen LogP contribution < -0.4 is 0 Å². The van der Waals surface area contributed by atoms with Crippen LogP contribution >= 0.6 is 22.7 Å². The number of rotatable bonds is 2. The van der Waals surface area contributed by atoms with Gasteiger partial charge in [0.25, 0.3) is 5.91 Å². The molecule has 3 rings (SSSR count). The molecule has 4 nitrogen and oxygen atoms in total. The number of aromatic nitrogens is 2. The van der Waals surface area contributed by atoms with Gasteiger partial charge in [0.15, 0.2) is 0 Å². The lowest BCUT2D eigenvalue weighted by molar-refractivity contribution is 0.0712. The van der Waals surface area contributed by atoms with Crippen LogP contribution in [0.2, 0.25) is 0 Å². The Hall–Kier alpha value is -1.27. The summed E-state index contributed by atoms with van der Waals surface area (Å²) in [6.45, 7) is 5.63. The summed E-state index contributed by atoms with van der Waals surface area (Å²) in [4.78, 5) is 16.5. The monoisotopic (exact) mass is 307 g/mol. The first kappa shape index (κ1) is 13.7. The molecule has 0 aliphatic carbocycles. The van der Waals surface area contributed by atoms with Gasteiger partial charge < -0.3 is 4.90 Å². The Kier molecular flexibility index (Phi) is 3.85. The molecule has 0 radical (unpaired) electrons. The highest BCUT2D eigenvalue weighted by molar-refractivity contribution is 7.14. The predicted molar refractivity (Wildman–Crippen MR) is 81.6 cm³/mol. The van der Waals surface area contributed by atoms with Crippen LogP contribution in [0.4, 0.5) is 0 Å². The standard InChI is InChI=1S/C14H17N3OS2/c1-9-5-6-12(19-9)14(18)17-7-3-4-11(8-17)13-16-15-10(2)20-13/h5-6,11H,3-4,7-8H2,1-2H3. The summed E-state index contributed by atoms with van der Waals surface area (Å²) in [6.07, 6.45) is 2.14. The zero-order chi connectivity index (χ0) is 14.1. The van der Waals surface area contributed by atoms with E-state index in [4.69, 9.17) is 0 Å². The van der Waals surface area contributed by atoms with E-state index in [9.17, 15) is 4.79 Å². The number of hydrogen-bond donors (Lipinski definition) is 0. The van der Waals surface area contributed by atoms with Gasteiger partial charge in [-0.3, -0.25) is 4.79 Å². The van der Waals surface area contributed by atoms with Gasteiger partial charge in [0, 0.05) is 23.9 Å². The second-order valence-corrected chi connectivity index (χ2v) is 7.66. The maximum absolute atomic E-state index is 12.5. The summed E-state index contributed by atoms with van der Waals surface area (Å²) >= 11 is 3.22. The van der Waals surface area contributed by atoms with Gasteiger partial charge in [0.1, 0.15) is 10.0 Å². The number of carbonyl (C=O) groups excluding carboxylic acids is 1. The SMILES string of the molecule is Cc1ccc(C(=O)N2CCCC(c3nnc(C)s3)C2)s1. The summed E-state index contributed by atoms with van der Waals surface area (Å²) in [7, 11) is 0. The zero-order valence-corrected chi connectivity index (χ0v) is 13.3. The Balaban J connectivity index is 1.73. The van der Waals surface area contributed by atoms with E-state index >= 15 is 0 Å². The van der Waals surface area contributed by atoms with Crippen LogP contribution in [0, 0.1) is 13.8 Å². The van der Waals surface area contributed by atoms with E-state index < -0.39 is 0 Å².